The molecule has 6 nitrogen and oxygen atoms in total. The molecule has 3 N–H and O–H groups in total. The quantitative estimate of drug-likeness (QED) is 0.515. The summed E-state index contributed by atoms with van der Waals surface area (Å²) in [7, 11) is 0. The first-order chi connectivity index (χ1) is 14.7. The number of nitrogens with one attached hydrogen (secondary N) is 1. The molecule has 1 atom stereocenters. The molecule has 0 aliphatic carbocycles. The van der Waals surface area contributed by atoms with Gasteiger partial charge in [-0.3, -0.25) is 0 Å². The Morgan fingerprint density at radius 1 is 1.07 bits per heavy atom. The van der Waals surface area contributed by atoms with Crippen LogP contribution in [0, 0.1) is 6.92 Å². The van der Waals surface area contributed by atoms with Gasteiger partial charge in [0.25, 0.3) is 0 Å². The number of fused-ring (bicyclic) bond motifs is 1. The highest BCUT2D eigenvalue weighted by Gasteiger charge is 2.23. The Balaban J connectivity index is 1.54. The number of hydrogen-bond donors (Lipinski definition) is 2. The normalized spacial score (nSPS) is 16.2. The number of nitrogens with two attached hydrogens (primary N) is 1. The van der Waals surface area contributed by atoms with E-state index in [0.29, 0.717) is 11.9 Å². The first kappa shape index (κ1) is 18.6. The topological polar surface area (TPSA) is 78.0 Å². The Bertz CT molecular complexity index is 1160. The third kappa shape index (κ3) is 3.39. The SMILES string of the molecule is Cc1c(-c2ccc(Oc3ccccc3)cc2)c2c(N)ncnc2n1CC1CCCN1. The molecule has 30 heavy (non-hydrogen) atoms. The summed E-state index contributed by atoms with van der Waals surface area (Å²) in [6, 6.07) is 18.4. The van der Waals surface area contributed by atoms with Gasteiger partial charge in [0.15, 0.2) is 0 Å². The number of nitrogen functional groups attached to an aromatic ring is 1. The maximum atomic E-state index is 6.31. The van der Waals surface area contributed by atoms with Gasteiger partial charge in [-0.15, -0.1) is 0 Å². The molecule has 1 aliphatic rings. The summed E-state index contributed by atoms with van der Waals surface area (Å²) >= 11 is 0. The van der Waals surface area contributed by atoms with E-state index in [2.05, 4.69) is 38.9 Å². The molecule has 0 spiro atoms. The van der Waals surface area contributed by atoms with E-state index in [1.165, 1.54) is 12.8 Å². The van der Waals surface area contributed by atoms with Gasteiger partial charge in [0.2, 0.25) is 0 Å². The second-order valence-corrected chi connectivity index (χ2v) is 7.76. The van der Waals surface area contributed by atoms with Crippen LogP contribution in [0.25, 0.3) is 22.2 Å². The van der Waals surface area contributed by atoms with Crippen LogP contribution in [0.3, 0.4) is 0 Å². The second kappa shape index (κ2) is 7.80. The number of rotatable bonds is 5. The van der Waals surface area contributed by atoms with Crippen LogP contribution in [-0.4, -0.2) is 27.1 Å². The molecule has 152 valence electrons. The third-order valence-corrected chi connectivity index (χ3v) is 5.82. The first-order valence-corrected chi connectivity index (χ1v) is 10.4. The number of anilines is 1. The van der Waals surface area contributed by atoms with Crippen molar-refractivity contribution in [3.05, 3.63) is 66.6 Å². The van der Waals surface area contributed by atoms with Crippen molar-refractivity contribution < 1.29 is 4.74 Å². The number of ether oxygens (including phenoxy) is 1. The molecular weight excluding hydrogens is 374 g/mol. The summed E-state index contributed by atoms with van der Waals surface area (Å²) in [5, 5.41) is 4.50. The molecule has 5 rings (SSSR count). The first-order valence-electron chi connectivity index (χ1n) is 10.4. The highest BCUT2D eigenvalue weighted by molar-refractivity contribution is 6.02. The van der Waals surface area contributed by atoms with E-state index in [-0.39, 0.29) is 0 Å². The largest absolute Gasteiger partial charge is 0.457 e. The Morgan fingerprint density at radius 3 is 2.57 bits per heavy atom. The number of para-hydroxylation sites is 1. The number of aromatic nitrogens is 3. The number of nitrogens with zero attached hydrogens (tertiary/aromatic N) is 3. The van der Waals surface area contributed by atoms with Gasteiger partial charge in [0.05, 0.1) is 5.39 Å². The van der Waals surface area contributed by atoms with Crippen molar-refractivity contribution in [2.75, 3.05) is 12.3 Å². The van der Waals surface area contributed by atoms with Crippen molar-refractivity contribution in [3.8, 4) is 22.6 Å². The second-order valence-electron chi connectivity index (χ2n) is 7.76. The zero-order valence-corrected chi connectivity index (χ0v) is 17.0. The van der Waals surface area contributed by atoms with Crippen LogP contribution in [0.4, 0.5) is 5.82 Å². The van der Waals surface area contributed by atoms with E-state index in [1.54, 1.807) is 6.33 Å². The predicted molar refractivity (Wildman–Crippen MR) is 120 cm³/mol. The molecule has 1 unspecified atom stereocenters. The average molecular weight is 399 g/mol. The minimum Gasteiger partial charge on any atom is -0.457 e. The van der Waals surface area contributed by atoms with Crippen LogP contribution in [0.5, 0.6) is 11.5 Å². The van der Waals surface area contributed by atoms with Crippen molar-refractivity contribution in [1.82, 2.24) is 19.9 Å². The zero-order chi connectivity index (χ0) is 20.5. The lowest BCUT2D eigenvalue weighted by atomic mass is 10.0. The fourth-order valence-corrected chi connectivity index (χ4v) is 4.33. The third-order valence-electron chi connectivity index (χ3n) is 5.82. The predicted octanol–water partition coefficient (Wildman–Crippen LogP) is 4.53. The molecule has 2 aromatic carbocycles. The fourth-order valence-electron chi connectivity index (χ4n) is 4.33. The molecule has 6 heteroatoms. The smallest absolute Gasteiger partial charge is 0.146 e. The molecule has 0 bridgehead atoms. The maximum absolute atomic E-state index is 6.31. The van der Waals surface area contributed by atoms with Gasteiger partial charge >= 0.3 is 0 Å². The van der Waals surface area contributed by atoms with Gasteiger partial charge in [-0.25, -0.2) is 9.97 Å². The van der Waals surface area contributed by atoms with Crippen molar-refractivity contribution in [3.63, 3.8) is 0 Å². The van der Waals surface area contributed by atoms with Crippen LogP contribution in [-0.2, 0) is 6.54 Å². The van der Waals surface area contributed by atoms with Crippen molar-refractivity contribution in [2.45, 2.75) is 32.4 Å². The molecular formula is C24H25N5O. The van der Waals surface area contributed by atoms with E-state index in [9.17, 15) is 0 Å². The lowest BCUT2D eigenvalue weighted by Gasteiger charge is -2.14. The Hall–Kier alpha value is -3.38. The van der Waals surface area contributed by atoms with E-state index < -0.39 is 0 Å². The summed E-state index contributed by atoms with van der Waals surface area (Å²) in [5.41, 5.74) is 10.5. The van der Waals surface area contributed by atoms with E-state index >= 15 is 0 Å². The van der Waals surface area contributed by atoms with E-state index in [4.69, 9.17) is 10.5 Å². The Morgan fingerprint density at radius 2 is 1.83 bits per heavy atom. The molecule has 2 aromatic heterocycles. The highest BCUT2D eigenvalue weighted by atomic mass is 16.5. The van der Waals surface area contributed by atoms with Gasteiger partial charge in [-0.2, -0.15) is 0 Å². The average Bonchev–Trinajstić information content (AvgIpc) is 3.38. The zero-order valence-electron chi connectivity index (χ0n) is 17.0. The minimum absolute atomic E-state index is 0.463. The van der Waals surface area contributed by atoms with Crippen LogP contribution in [0.2, 0.25) is 0 Å². The minimum atomic E-state index is 0.463. The molecule has 4 aromatic rings. The molecule has 0 saturated carbocycles. The van der Waals surface area contributed by atoms with Crippen molar-refractivity contribution in [2.24, 2.45) is 0 Å². The molecule has 1 aliphatic heterocycles. The van der Waals surface area contributed by atoms with Crippen LogP contribution in [0.15, 0.2) is 60.9 Å². The van der Waals surface area contributed by atoms with Gasteiger partial charge in [0, 0.05) is 23.8 Å². The molecule has 1 saturated heterocycles. The van der Waals surface area contributed by atoms with Gasteiger partial charge < -0.3 is 20.4 Å². The van der Waals surface area contributed by atoms with Crippen LogP contribution in [0.1, 0.15) is 18.5 Å². The Kier molecular flexibility index (Phi) is 4.85. The Labute approximate surface area is 175 Å². The lowest BCUT2D eigenvalue weighted by Crippen LogP contribution is -2.27. The molecule has 0 radical (unpaired) electrons. The summed E-state index contributed by atoms with van der Waals surface area (Å²) in [5.74, 6) is 2.13. The van der Waals surface area contributed by atoms with Gasteiger partial charge in [-0.05, 0) is 56.1 Å². The molecule has 1 fully saturated rings. The summed E-state index contributed by atoms with van der Waals surface area (Å²) in [6.07, 6.45) is 3.95. The van der Waals surface area contributed by atoms with Crippen LogP contribution < -0.4 is 15.8 Å². The number of benzene rings is 2. The monoisotopic (exact) mass is 399 g/mol. The van der Waals surface area contributed by atoms with Crippen molar-refractivity contribution >= 4 is 16.9 Å². The fraction of sp³-hybridized carbons (Fsp3) is 0.250. The maximum Gasteiger partial charge on any atom is 0.146 e. The van der Waals surface area contributed by atoms with Gasteiger partial charge in [0.1, 0.15) is 29.3 Å². The standard InChI is InChI=1S/C24H25N5O/c1-16-21(17-9-11-20(12-10-17)30-19-7-3-2-4-8-19)22-23(25)27-15-28-24(22)29(16)14-18-6-5-13-26-18/h2-4,7-12,15,18,26H,5-6,13-14H2,1H3,(H2,25,27,28). The molecule has 0 amide bonds. The lowest BCUT2D eigenvalue weighted by molar-refractivity contribution is 0.483. The van der Waals surface area contributed by atoms with Crippen LogP contribution >= 0.6 is 0 Å². The number of hydrogen-bond acceptors (Lipinski definition) is 5. The summed E-state index contributed by atoms with van der Waals surface area (Å²) in [4.78, 5) is 8.85. The molecule has 3 heterocycles. The highest BCUT2D eigenvalue weighted by Crippen LogP contribution is 2.37. The van der Waals surface area contributed by atoms with E-state index in [0.717, 1.165) is 52.4 Å². The van der Waals surface area contributed by atoms with E-state index in [1.807, 2.05) is 42.5 Å². The summed E-state index contributed by atoms with van der Waals surface area (Å²) < 4.78 is 8.22. The summed E-state index contributed by atoms with van der Waals surface area (Å²) in [6.45, 7) is 4.10. The van der Waals surface area contributed by atoms with Gasteiger partial charge in [-0.1, -0.05) is 30.3 Å². The van der Waals surface area contributed by atoms with Crippen molar-refractivity contribution in [1.29, 1.82) is 0 Å².